The van der Waals surface area contributed by atoms with Crippen molar-refractivity contribution < 1.29 is 19.4 Å². The SMILES string of the molecule is COCC(=O)Nc1cc(C(=O)O)c(C)cc1C. The lowest BCUT2D eigenvalue weighted by Gasteiger charge is -2.11. The zero-order valence-corrected chi connectivity index (χ0v) is 10.0. The summed E-state index contributed by atoms with van der Waals surface area (Å²) in [6.07, 6.45) is 0. The number of hydrogen-bond acceptors (Lipinski definition) is 3. The number of aryl methyl sites for hydroxylation is 2. The maximum atomic E-state index is 11.3. The van der Waals surface area contributed by atoms with Crippen LogP contribution in [0.3, 0.4) is 0 Å². The van der Waals surface area contributed by atoms with Crippen molar-refractivity contribution in [3.8, 4) is 0 Å². The standard InChI is InChI=1S/C12H15NO4/c1-7-4-8(2)10(5-9(7)12(15)16)13-11(14)6-17-3/h4-5H,6H2,1-3H3,(H,13,14)(H,15,16). The molecule has 0 aliphatic carbocycles. The summed E-state index contributed by atoms with van der Waals surface area (Å²) in [5.74, 6) is -1.32. The Hall–Kier alpha value is -1.88. The molecule has 0 saturated heterocycles. The summed E-state index contributed by atoms with van der Waals surface area (Å²) >= 11 is 0. The van der Waals surface area contributed by atoms with E-state index in [1.807, 2.05) is 0 Å². The molecule has 0 spiro atoms. The number of hydrogen-bond donors (Lipinski definition) is 2. The number of carboxylic acid groups (broad SMARTS) is 1. The molecule has 0 aliphatic rings. The van der Waals surface area contributed by atoms with Gasteiger partial charge in [-0.15, -0.1) is 0 Å². The first-order chi connectivity index (χ1) is 7.95. The molecule has 0 aromatic heterocycles. The Labute approximate surface area is 99.4 Å². The molecule has 17 heavy (non-hydrogen) atoms. The summed E-state index contributed by atoms with van der Waals surface area (Å²) < 4.78 is 4.69. The highest BCUT2D eigenvalue weighted by molar-refractivity contribution is 5.96. The van der Waals surface area contributed by atoms with Crippen LogP contribution in [0.2, 0.25) is 0 Å². The van der Waals surface area contributed by atoms with Gasteiger partial charge in [0.05, 0.1) is 5.56 Å². The first-order valence-electron chi connectivity index (χ1n) is 5.09. The maximum Gasteiger partial charge on any atom is 0.336 e. The Balaban J connectivity index is 3.03. The molecule has 0 fully saturated rings. The maximum absolute atomic E-state index is 11.3. The van der Waals surface area contributed by atoms with Crippen LogP contribution >= 0.6 is 0 Å². The monoisotopic (exact) mass is 237 g/mol. The quantitative estimate of drug-likeness (QED) is 0.833. The van der Waals surface area contributed by atoms with Gasteiger partial charge >= 0.3 is 5.97 Å². The highest BCUT2D eigenvalue weighted by atomic mass is 16.5. The largest absolute Gasteiger partial charge is 0.478 e. The first-order valence-corrected chi connectivity index (χ1v) is 5.09. The Morgan fingerprint density at radius 1 is 1.29 bits per heavy atom. The van der Waals surface area contributed by atoms with E-state index in [9.17, 15) is 9.59 Å². The Morgan fingerprint density at radius 3 is 2.47 bits per heavy atom. The highest BCUT2D eigenvalue weighted by Crippen LogP contribution is 2.20. The number of carboxylic acids is 1. The van der Waals surface area contributed by atoms with Crippen molar-refractivity contribution >= 4 is 17.6 Å². The number of carbonyl (C=O) groups is 2. The lowest BCUT2D eigenvalue weighted by Crippen LogP contribution is -2.18. The average Bonchev–Trinajstić information content (AvgIpc) is 2.21. The molecule has 5 heteroatoms. The lowest BCUT2D eigenvalue weighted by atomic mass is 10.0. The molecule has 0 heterocycles. The van der Waals surface area contributed by atoms with Crippen molar-refractivity contribution in [1.29, 1.82) is 0 Å². The number of nitrogens with one attached hydrogen (secondary N) is 1. The van der Waals surface area contributed by atoms with Crippen LogP contribution in [0.25, 0.3) is 0 Å². The number of methoxy groups -OCH3 is 1. The molecule has 5 nitrogen and oxygen atoms in total. The fourth-order valence-corrected chi connectivity index (χ4v) is 1.53. The predicted molar refractivity (Wildman–Crippen MR) is 63.4 cm³/mol. The molecular weight excluding hydrogens is 222 g/mol. The van der Waals surface area contributed by atoms with Crippen LogP contribution in [-0.2, 0) is 9.53 Å². The van der Waals surface area contributed by atoms with Gasteiger partial charge < -0.3 is 15.2 Å². The first kappa shape index (κ1) is 13.2. The van der Waals surface area contributed by atoms with E-state index in [1.54, 1.807) is 19.9 Å². The fourth-order valence-electron chi connectivity index (χ4n) is 1.53. The number of ether oxygens (including phenoxy) is 1. The minimum Gasteiger partial charge on any atom is -0.478 e. The van der Waals surface area contributed by atoms with Crippen LogP contribution in [0.1, 0.15) is 21.5 Å². The topological polar surface area (TPSA) is 75.6 Å². The van der Waals surface area contributed by atoms with E-state index in [0.717, 1.165) is 5.56 Å². The lowest BCUT2D eigenvalue weighted by molar-refractivity contribution is -0.119. The van der Waals surface area contributed by atoms with Crippen molar-refractivity contribution in [3.05, 3.63) is 28.8 Å². The highest BCUT2D eigenvalue weighted by Gasteiger charge is 2.12. The smallest absolute Gasteiger partial charge is 0.336 e. The minimum atomic E-state index is -1.01. The van der Waals surface area contributed by atoms with E-state index in [4.69, 9.17) is 5.11 Å². The van der Waals surface area contributed by atoms with Gasteiger partial charge in [-0.05, 0) is 31.0 Å². The van der Waals surface area contributed by atoms with E-state index in [2.05, 4.69) is 10.1 Å². The number of anilines is 1. The summed E-state index contributed by atoms with van der Waals surface area (Å²) in [5, 5.41) is 11.6. The van der Waals surface area contributed by atoms with Crippen molar-refractivity contribution in [2.24, 2.45) is 0 Å². The summed E-state index contributed by atoms with van der Waals surface area (Å²) in [6, 6.07) is 3.19. The fraction of sp³-hybridized carbons (Fsp3) is 0.333. The number of aromatic carboxylic acids is 1. The van der Waals surface area contributed by atoms with Crippen LogP contribution in [-0.4, -0.2) is 30.7 Å². The van der Waals surface area contributed by atoms with Crippen LogP contribution in [0.5, 0.6) is 0 Å². The molecule has 0 atom stereocenters. The van der Waals surface area contributed by atoms with Gasteiger partial charge in [-0.3, -0.25) is 4.79 Å². The third-order valence-electron chi connectivity index (χ3n) is 2.35. The average molecular weight is 237 g/mol. The molecule has 0 bridgehead atoms. The number of benzene rings is 1. The Bertz CT molecular complexity index is 454. The van der Waals surface area contributed by atoms with Crippen LogP contribution in [0.15, 0.2) is 12.1 Å². The predicted octanol–water partition coefficient (Wildman–Crippen LogP) is 1.59. The Kier molecular flexibility index (Phi) is 4.23. The molecule has 0 saturated carbocycles. The van der Waals surface area contributed by atoms with Gasteiger partial charge in [0.25, 0.3) is 0 Å². The summed E-state index contributed by atoms with van der Waals surface area (Å²) in [6.45, 7) is 3.47. The number of carbonyl (C=O) groups excluding carboxylic acids is 1. The van der Waals surface area contributed by atoms with Gasteiger partial charge in [-0.1, -0.05) is 6.07 Å². The van der Waals surface area contributed by atoms with Crippen LogP contribution in [0.4, 0.5) is 5.69 Å². The molecular formula is C12H15NO4. The van der Waals surface area contributed by atoms with Gasteiger partial charge in [0.2, 0.25) is 5.91 Å². The second kappa shape index (κ2) is 5.45. The van der Waals surface area contributed by atoms with Crippen LogP contribution < -0.4 is 5.32 Å². The minimum absolute atomic E-state index is 0.0598. The van der Waals surface area contributed by atoms with Gasteiger partial charge in [0.1, 0.15) is 6.61 Å². The molecule has 1 aromatic carbocycles. The van der Waals surface area contributed by atoms with Crippen molar-refractivity contribution in [1.82, 2.24) is 0 Å². The van der Waals surface area contributed by atoms with E-state index in [1.165, 1.54) is 13.2 Å². The summed E-state index contributed by atoms with van der Waals surface area (Å²) in [7, 11) is 1.42. The number of rotatable bonds is 4. The van der Waals surface area contributed by atoms with Gasteiger partial charge in [0.15, 0.2) is 0 Å². The van der Waals surface area contributed by atoms with E-state index >= 15 is 0 Å². The van der Waals surface area contributed by atoms with Crippen molar-refractivity contribution in [2.75, 3.05) is 19.0 Å². The van der Waals surface area contributed by atoms with Gasteiger partial charge in [-0.2, -0.15) is 0 Å². The molecule has 0 unspecified atom stereocenters. The molecule has 1 aromatic rings. The molecule has 92 valence electrons. The van der Waals surface area contributed by atoms with Crippen LogP contribution in [0, 0.1) is 13.8 Å². The molecule has 0 radical (unpaired) electrons. The second-order valence-corrected chi connectivity index (χ2v) is 3.77. The Morgan fingerprint density at radius 2 is 1.94 bits per heavy atom. The molecule has 0 aliphatic heterocycles. The molecule has 1 amide bonds. The van der Waals surface area contributed by atoms with E-state index < -0.39 is 5.97 Å². The molecule has 2 N–H and O–H groups in total. The second-order valence-electron chi connectivity index (χ2n) is 3.77. The zero-order valence-electron chi connectivity index (χ0n) is 10.0. The van der Waals surface area contributed by atoms with Gasteiger partial charge in [-0.25, -0.2) is 4.79 Å². The van der Waals surface area contributed by atoms with E-state index in [0.29, 0.717) is 11.3 Å². The normalized spacial score (nSPS) is 10.1. The van der Waals surface area contributed by atoms with E-state index in [-0.39, 0.29) is 18.1 Å². The third kappa shape index (κ3) is 3.29. The van der Waals surface area contributed by atoms with Gasteiger partial charge in [0, 0.05) is 12.8 Å². The van der Waals surface area contributed by atoms with Crippen molar-refractivity contribution in [3.63, 3.8) is 0 Å². The number of amides is 1. The summed E-state index contributed by atoms with van der Waals surface area (Å²) in [5.41, 5.74) is 2.16. The zero-order chi connectivity index (χ0) is 13.0. The van der Waals surface area contributed by atoms with Crippen molar-refractivity contribution in [2.45, 2.75) is 13.8 Å². The third-order valence-corrected chi connectivity index (χ3v) is 2.35. The molecule has 1 rings (SSSR count). The summed E-state index contributed by atoms with van der Waals surface area (Å²) in [4.78, 5) is 22.3.